The zero-order valence-electron chi connectivity index (χ0n) is 23.0. The summed E-state index contributed by atoms with van der Waals surface area (Å²) in [4.78, 5) is 30.2. The van der Waals surface area contributed by atoms with Crippen LogP contribution in [0.1, 0.15) is 67.3 Å². The van der Waals surface area contributed by atoms with Crippen molar-refractivity contribution >= 4 is 34.9 Å². The van der Waals surface area contributed by atoms with Crippen LogP contribution >= 0.6 is 11.6 Å². The molecule has 214 valence electrons. The minimum Gasteiger partial charge on any atom is -0.384 e. The van der Waals surface area contributed by atoms with Gasteiger partial charge in [0.05, 0.1) is 28.8 Å². The van der Waals surface area contributed by atoms with Gasteiger partial charge >= 0.3 is 0 Å². The normalized spacial score (nSPS) is 24.8. The molecule has 1 aromatic carbocycles. The first kappa shape index (κ1) is 28.3. The summed E-state index contributed by atoms with van der Waals surface area (Å²) in [6, 6.07) is 5.13. The molecule has 3 unspecified atom stereocenters. The molecule has 2 aromatic heterocycles. The molecule has 2 fully saturated rings. The largest absolute Gasteiger partial charge is 0.384 e. The number of aliphatic hydroxyl groups is 1. The first-order valence-electron chi connectivity index (χ1n) is 13.5. The van der Waals surface area contributed by atoms with Crippen LogP contribution in [0.5, 0.6) is 0 Å². The van der Waals surface area contributed by atoms with Gasteiger partial charge in [0.15, 0.2) is 5.82 Å². The Labute approximate surface area is 237 Å². The minimum atomic E-state index is -1.07. The molecule has 2 aliphatic rings. The average molecular weight is 572 g/mol. The van der Waals surface area contributed by atoms with Gasteiger partial charge in [-0.1, -0.05) is 25.4 Å². The van der Waals surface area contributed by atoms with Crippen molar-refractivity contribution in [3.05, 3.63) is 58.5 Å². The lowest BCUT2D eigenvalue weighted by molar-refractivity contribution is -0.118. The third kappa shape index (κ3) is 5.25. The van der Waals surface area contributed by atoms with Crippen LogP contribution in [0, 0.1) is 23.6 Å². The van der Waals surface area contributed by atoms with E-state index in [0.29, 0.717) is 35.7 Å². The van der Waals surface area contributed by atoms with Crippen molar-refractivity contribution in [2.45, 2.75) is 57.1 Å². The molecular weight excluding hydrogens is 537 g/mol. The van der Waals surface area contributed by atoms with Crippen LogP contribution in [-0.4, -0.2) is 42.3 Å². The maximum atomic E-state index is 13.5. The lowest BCUT2D eigenvalue weighted by atomic mass is 9.90. The molecule has 3 aromatic rings. The van der Waals surface area contributed by atoms with Gasteiger partial charge in [0.1, 0.15) is 17.1 Å². The van der Waals surface area contributed by atoms with Crippen LogP contribution in [-0.2, 0) is 24.5 Å². The Morgan fingerprint density at radius 2 is 1.85 bits per heavy atom. The monoisotopic (exact) mass is 571 g/mol. The molecule has 40 heavy (non-hydrogen) atoms. The van der Waals surface area contributed by atoms with Gasteiger partial charge in [-0.05, 0) is 61.6 Å². The van der Waals surface area contributed by atoms with Gasteiger partial charge in [-0.25, -0.2) is 9.37 Å². The van der Waals surface area contributed by atoms with E-state index in [9.17, 15) is 19.1 Å². The van der Waals surface area contributed by atoms with E-state index in [1.807, 2.05) is 13.8 Å². The Kier molecular flexibility index (Phi) is 7.49. The number of aryl methyl sites for hydroxylation is 2. The molecule has 2 saturated carbocycles. The number of hydrogen-bond acceptors (Lipinski definition) is 6. The van der Waals surface area contributed by atoms with Crippen LogP contribution in [0.15, 0.2) is 30.6 Å². The Bertz CT molecular complexity index is 1440. The second-order valence-electron chi connectivity index (χ2n) is 11.6. The fourth-order valence-electron chi connectivity index (χ4n) is 6.36. The molecule has 0 saturated heterocycles. The van der Waals surface area contributed by atoms with E-state index in [0.717, 1.165) is 18.5 Å². The van der Waals surface area contributed by atoms with Gasteiger partial charge < -0.3 is 26.0 Å². The number of nitrogens with one attached hydrogen (secondary N) is 2. The first-order chi connectivity index (χ1) is 18.9. The molecular formula is C28H35ClFN7O3. The Hall–Kier alpha value is -3.28. The number of anilines is 2. The number of carbonyl (C=O) groups is 2. The van der Waals surface area contributed by atoms with Crippen LogP contribution in [0.3, 0.4) is 0 Å². The maximum absolute atomic E-state index is 13.5. The lowest BCUT2D eigenvalue weighted by Crippen LogP contribution is -2.39. The number of imidazole rings is 1. The fourth-order valence-corrected chi connectivity index (χ4v) is 6.54. The molecule has 5 N–H and O–H groups in total. The van der Waals surface area contributed by atoms with Crippen LogP contribution in [0.25, 0.3) is 0 Å². The van der Waals surface area contributed by atoms with E-state index in [-0.39, 0.29) is 40.5 Å². The maximum Gasteiger partial charge on any atom is 0.274 e. The number of nitrogens with zero attached hydrogens (tertiary/aromatic N) is 4. The molecule has 0 spiro atoms. The standard InChI is InChI=1S/C28H35ClFN7O3/c1-14(2)23(31)26(38)34-22-10-21(37(4)35-22)28(40)11-16-7-15(8-17(16)12-28)24-25(36(3)13-32-24)27(39)33-18-5-6-20(30)19(29)9-18/h5-6,9-10,13-17,23,40H,7-8,11-12,31H2,1-4H3,(H,33,39)(H,34,35,38). The second kappa shape index (κ2) is 10.6. The van der Waals surface area contributed by atoms with Gasteiger partial charge in [0, 0.05) is 31.8 Å². The fraction of sp³-hybridized carbons (Fsp3) is 0.500. The number of hydrogen-bond donors (Lipinski definition) is 4. The Morgan fingerprint density at radius 3 is 2.48 bits per heavy atom. The summed E-state index contributed by atoms with van der Waals surface area (Å²) in [7, 11) is 3.53. The molecule has 2 amide bonds. The highest BCUT2D eigenvalue weighted by Crippen LogP contribution is 2.57. The smallest absolute Gasteiger partial charge is 0.274 e. The zero-order chi connectivity index (χ0) is 28.9. The van der Waals surface area contributed by atoms with Gasteiger partial charge in [-0.15, -0.1) is 0 Å². The molecule has 0 bridgehead atoms. The lowest BCUT2D eigenvalue weighted by Gasteiger charge is -2.24. The van der Waals surface area contributed by atoms with Crippen LogP contribution in [0.4, 0.5) is 15.9 Å². The third-order valence-electron chi connectivity index (χ3n) is 8.41. The Morgan fingerprint density at radius 1 is 1.18 bits per heavy atom. The van der Waals surface area contributed by atoms with Gasteiger partial charge in [-0.3, -0.25) is 14.3 Å². The summed E-state index contributed by atoms with van der Waals surface area (Å²) in [5.74, 6) is -0.297. The van der Waals surface area contributed by atoms with Crippen molar-refractivity contribution in [3.8, 4) is 0 Å². The Balaban J connectivity index is 1.27. The summed E-state index contributed by atoms with van der Waals surface area (Å²) < 4.78 is 16.9. The van der Waals surface area contributed by atoms with Crippen molar-refractivity contribution in [1.82, 2.24) is 19.3 Å². The number of rotatable bonds is 7. The van der Waals surface area contributed by atoms with E-state index < -0.39 is 17.5 Å². The van der Waals surface area contributed by atoms with Gasteiger partial charge in [0.2, 0.25) is 5.91 Å². The molecule has 2 aliphatic carbocycles. The SMILES string of the molecule is CC(C)C(N)C(=O)Nc1cc(C2(O)CC3CC(c4ncn(C)c4C(=O)Nc4ccc(F)c(Cl)c4)CC3C2)n(C)n1. The molecule has 0 radical (unpaired) electrons. The van der Waals surface area contributed by atoms with Crippen molar-refractivity contribution in [2.24, 2.45) is 37.6 Å². The van der Waals surface area contributed by atoms with E-state index >= 15 is 0 Å². The molecule has 12 heteroatoms. The number of nitrogens with two attached hydrogens (primary N) is 1. The number of amides is 2. The van der Waals surface area contributed by atoms with E-state index in [2.05, 4.69) is 20.7 Å². The molecule has 3 atom stereocenters. The van der Waals surface area contributed by atoms with Crippen molar-refractivity contribution in [2.75, 3.05) is 10.6 Å². The van der Waals surface area contributed by atoms with E-state index in [1.165, 1.54) is 18.2 Å². The average Bonchev–Trinajstić information content (AvgIpc) is 3.62. The number of carbonyl (C=O) groups excluding carboxylic acids is 2. The molecule has 5 rings (SSSR count). The van der Waals surface area contributed by atoms with Crippen molar-refractivity contribution in [1.29, 1.82) is 0 Å². The predicted molar refractivity (Wildman–Crippen MR) is 149 cm³/mol. The second-order valence-corrected chi connectivity index (χ2v) is 12.0. The highest BCUT2D eigenvalue weighted by Gasteiger charge is 2.51. The molecule has 2 heterocycles. The van der Waals surface area contributed by atoms with E-state index in [4.69, 9.17) is 17.3 Å². The van der Waals surface area contributed by atoms with Crippen LogP contribution < -0.4 is 16.4 Å². The minimum absolute atomic E-state index is 0.0124. The first-order valence-corrected chi connectivity index (χ1v) is 13.8. The quantitative estimate of drug-likeness (QED) is 0.339. The zero-order valence-corrected chi connectivity index (χ0v) is 23.7. The van der Waals surface area contributed by atoms with Crippen LogP contribution in [0.2, 0.25) is 5.02 Å². The number of fused-ring (bicyclic) bond motifs is 1. The predicted octanol–water partition coefficient (Wildman–Crippen LogP) is 3.91. The number of aromatic nitrogens is 4. The number of benzene rings is 1. The van der Waals surface area contributed by atoms with Gasteiger partial charge in [-0.2, -0.15) is 5.10 Å². The highest BCUT2D eigenvalue weighted by molar-refractivity contribution is 6.31. The molecule has 0 aliphatic heterocycles. The van der Waals surface area contributed by atoms with E-state index in [1.54, 1.807) is 35.7 Å². The summed E-state index contributed by atoms with van der Waals surface area (Å²) in [6.07, 6.45) is 4.31. The molecule has 10 nitrogen and oxygen atoms in total. The number of halogens is 2. The van der Waals surface area contributed by atoms with Crippen molar-refractivity contribution in [3.63, 3.8) is 0 Å². The third-order valence-corrected chi connectivity index (χ3v) is 8.70. The topological polar surface area (TPSA) is 140 Å². The van der Waals surface area contributed by atoms with Gasteiger partial charge in [0.25, 0.3) is 5.91 Å². The summed E-state index contributed by atoms with van der Waals surface area (Å²) in [5, 5.41) is 21.6. The highest BCUT2D eigenvalue weighted by atomic mass is 35.5. The summed E-state index contributed by atoms with van der Waals surface area (Å²) >= 11 is 5.87. The van der Waals surface area contributed by atoms with Crippen molar-refractivity contribution < 1.29 is 19.1 Å². The summed E-state index contributed by atoms with van der Waals surface area (Å²) in [5.41, 5.74) is 7.11. The summed E-state index contributed by atoms with van der Waals surface area (Å²) in [6.45, 7) is 3.76.